The molecule has 1 aromatic rings. The number of amides is 3. The first kappa shape index (κ1) is 21.7. The third-order valence-electron chi connectivity index (χ3n) is 5.17. The Bertz CT molecular complexity index is 663. The summed E-state index contributed by atoms with van der Waals surface area (Å²) in [7, 11) is 3.51. The Morgan fingerprint density at radius 1 is 1.18 bits per heavy atom. The van der Waals surface area contributed by atoms with Gasteiger partial charge in [0.15, 0.2) is 0 Å². The van der Waals surface area contributed by atoms with Crippen molar-refractivity contribution in [3.05, 3.63) is 35.9 Å². The monoisotopic (exact) mass is 389 g/mol. The van der Waals surface area contributed by atoms with Crippen molar-refractivity contribution in [2.75, 3.05) is 14.1 Å². The van der Waals surface area contributed by atoms with Crippen molar-refractivity contribution >= 4 is 17.9 Å². The van der Waals surface area contributed by atoms with Crippen molar-refractivity contribution in [1.29, 1.82) is 0 Å². The van der Waals surface area contributed by atoms with Gasteiger partial charge in [-0.25, -0.2) is 4.79 Å². The second-order valence-electron chi connectivity index (χ2n) is 7.73. The number of hydrogen-bond donors (Lipinski definition) is 3. The summed E-state index contributed by atoms with van der Waals surface area (Å²) in [4.78, 5) is 37.3. The maximum Gasteiger partial charge on any atom is 0.315 e. The molecule has 0 saturated heterocycles. The van der Waals surface area contributed by atoms with E-state index >= 15 is 0 Å². The third-order valence-corrected chi connectivity index (χ3v) is 5.17. The molecule has 3 amide bonds. The molecule has 1 aromatic carbocycles. The van der Waals surface area contributed by atoms with Crippen molar-refractivity contribution in [3.8, 4) is 0 Å². The fraction of sp³-hybridized carbons (Fsp3) is 0.571. The van der Waals surface area contributed by atoms with E-state index in [1.165, 1.54) is 0 Å². The Labute approximate surface area is 166 Å². The highest BCUT2D eigenvalue weighted by Crippen LogP contribution is 2.25. The molecule has 28 heavy (non-hydrogen) atoms. The molecule has 0 heterocycles. The average Bonchev–Trinajstić information content (AvgIpc) is 2.66. The predicted molar refractivity (Wildman–Crippen MR) is 107 cm³/mol. The Kier molecular flexibility index (Phi) is 8.29. The molecular formula is C21H31N3O4. The molecule has 0 spiro atoms. The maximum atomic E-state index is 12.5. The molecule has 154 valence electrons. The summed E-state index contributed by atoms with van der Waals surface area (Å²) in [6.45, 7) is 0. The van der Waals surface area contributed by atoms with Crippen LogP contribution in [-0.2, 0) is 16.0 Å². The number of carboxylic acids is 1. The van der Waals surface area contributed by atoms with Crippen LogP contribution in [0.2, 0.25) is 0 Å². The number of hydrogen-bond acceptors (Lipinski definition) is 3. The largest absolute Gasteiger partial charge is 0.481 e. The highest BCUT2D eigenvalue weighted by molar-refractivity contribution is 5.79. The van der Waals surface area contributed by atoms with Gasteiger partial charge in [0.2, 0.25) is 5.91 Å². The lowest BCUT2D eigenvalue weighted by Gasteiger charge is -2.31. The first-order valence-electron chi connectivity index (χ1n) is 9.89. The van der Waals surface area contributed by atoms with Crippen molar-refractivity contribution < 1.29 is 19.5 Å². The fourth-order valence-electron chi connectivity index (χ4n) is 3.74. The van der Waals surface area contributed by atoms with Gasteiger partial charge in [0.1, 0.15) is 0 Å². The molecule has 1 saturated carbocycles. The number of nitrogens with one attached hydrogen (secondary N) is 2. The minimum Gasteiger partial charge on any atom is -0.481 e. The lowest BCUT2D eigenvalue weighted by atomic mass is 9.85. The van der Waals surface area contributed by atoms with Crippen LogP contribution in [0.3, 0.4) is 0 Å². The van der Waals surface area contributed by atoms with E-state index in [1.54, 1.807) is 19.0 Å². The first-order valence-corrected chi connectivity index (χ1v) is 9.89. The van der Waals surface area contributed by atoms with E-state index in [0.717, 1.165) is 24.8 Å². The summed E-state index contributed by atoms with van der Waals surface area (Å²) in [5.74, 6) is -0.825. The number of rotatable bonds is 8. The van der Waals surface area contributed by atoms with Gasteiger partial charge in [-0.05, 0) is 37.7 Å². The van der Waals surface area contributed by atoms with Crippen molar-refractivity contribution in [2.45, 2.75) is 57.0 Å². The Balaban J connectivity index is 1.90. The van der Waals surface area contributed by atoms with E-state index in [0.29, 0.717) is 19.3 Å². The molecule has 1 aliphatic carbocycles. The Morgan fingerprint density at radius 3 is 2.54 bits per heavy atom. The highest BCUT2D eigenvalue weighted by Gasteiger charge is 2.29. The number of carbonyl (C=O) groups excluding carboxylic acids is 2. The summed E-state index contributed by atoms with van der Waals surface area (Å²) < 4.78 is 0. The molecule has 7 nitrogen and oxygen atoms in total. The van der Waals surface area contributed by atoms with Crippen LogP contribution in [0.1, 0.15) is 44.1 Å². The van der Waals surface area contributed by atoms with Gasteiger partial charge in [-0.15, -0.1) is 0 Å². The van der Waals surface area contributed by atoms with Gasteiger partial charge >= 0.3 is 12.0 Å². The third kappa shape index (κ3) is 7.21. The van der Waals surface area contributed by atoms with Crippen LogP contribution in [-0.4, -0.2) is 54.1 Å². The smallest absolute Gasteiger partial charge is 0.315 e. The molecule has 3 atom stereocenters. The highest BCUT2D eigenvalue weighted by atomic mass is 16.4. The first-order chi connectivity index (χ1) is 13.3. The normalized spacial score (nSPS) is 20.1. The molecule has 2 rings (SSSR count). The predicted octanol–water partition coefficient (Wildman–Crippen LogP) is 2.41. The summed E-state index contributed by atoms with van der Waals surface area (Å²) >= 11 is 0. The number of carbonyl (C=O) groups is 3. The lowest BCUT2D eigenvalue weighted by Crippen LogP contribution is -2.49. The SMILES string of the molecule is CN(C)C(=O)C1CCCC(NC(=O)NC(CCC(=O)O)Cc2ccccc2)C1. The van der Waals surface area contributed by atoms with Gasteiger partial charge in [0, 0.05) is 38.5 Å². The van der Waals surface area contributed by atoms with Crippen LogP contribution in [0.4, 0.5) is 4.79 Å². The van der Waals surface area contributed by atoms with Gasteiger partial charge in [-0.2, -0.15) is 0 Å². The van der Waals surface area contributed by atoms with E-state index in [2.05, 4.69) is 10.6 Å². The van der Waals surface area contributed by atoms with E-state index in [-0.39, 0.29) is 36.4 Å². The van der Waals surface area contributed by atoms with E-state index in [4.69, 9.17) is 5.11 Å². The van der Waals surface area contributed by atoms with Crippen LogP contribution in [0.25, 0.3) is 0 Å². The van der Waals surface area contributed by atoms with Crippen LogP contribution in [0.5, 0.6) is 0 Å². The van der Waals surface area contributed by atoms with Crippen molar-refractivity contribution in [2.24, 2.45) is 5.92 Å². The molecular weight excluding hydrogens is 358 g/mol. The molecule has 3 N–H and O–H groups in total. The molecule has 0 aliphatic heterocycles. The van der Waals surface area contributed by atoms with E-state index < -0.39 is 5.97 Å². The van der Waals surface area contributed by atoms with Crippen LogP contribution in [0, 0.1) is 5.92 Å². The lowest BCUT2D eigenvalue weighted by molar-refractivity contribution is -0.137. The van der Waals surface area contributed by atoms with Crippen LogP contribution < -0.4 is 10.6 Å². The Morgan fingerprint density at radius 2 is 1.89 bits per heavy atom. The zero-order valence-electron chi connectivity index (χ0n) is 16.7. The molecule has 0 bridgehead atoms. The summed E-state index contributed by atoms with van der Waals surface area (Å²) in [6.07, 6.45) is 4.19. The number of benzene rings is 1. The van der Waals surface area contributed by atoms with Gasteiger partial charge in [0.05, 0.1) is 0 Å². The average molecular weight is 389 g/mol. The molecule has 0 radical (unpaired) electrons. The minimum atomic E-state index is -0.877. The van der Waals surface area contributed by atoms with Crippen molar-refractivity contribution in [3.63, 3.8) is 0 Å². The Hall–Kier alpha value is -2.57. The molecule has 1 aliphatic rings. The number of nitrogens with zero attached hydrogens (tertiary/aromatic N) is 1. The van der Waals surface area contributed by atoms with Crippen LogP contribution in [0.15, 0.2) is 30.3 Å². The van der Waals surface area contributed by atoms with Gasteiger partial charge in [-0.1, -0.05) is 36.8 Å². The number of carboxylic acid groups (broad SMARTS) is 1. The quantitative estimate of drug-likeness (QED) is 0.636. The van der Waals surface area contributed by atoms with E-state index in [1.807, 2.05) is 30.3 Å². The maximum absolute atomic E-state index is 12.5. The molecule has 7 heteroatoms. The second-order valence-corrected chi connectivity index (χ2v) is 7.73. The topological polar surface area (TPSA) is 98.7 Å². The number of aliphatic carboxylic acids is 1. The standard InChI is InChI=1S/C21H31N3O4/c1-24(2)20(27)16-9-6-10-17(14-16)22-21(28)23-18(11-12-19(25)26)13-15-7-4-3-5-8-15/h3-5,7-8,16-18H,6,9-14H2,1-2H3,(H,25,26)(H2,22,23,28). The van der Waals surface area contributed by atoms with E-state index in [9.17, 15) is 14.4 Å². The molecule has 0 aromatic heterocycles. The molecule has 3 unspecified atom stereocenters. The number of urea groups is 1. The minimum absolute atomic E-state index is 0.000614. The zero-order chi connectivity index (χ0) is 20.5. The summed E-state index contributed by atoms with van der Waals surface area (Å²) in [6, 6.07) is 9.10. The summed E-state index contributed by atoms with van der Waals surface area (Å²) in [5.41, 5.74) is 1.05. The fourth-order valence-corrected chi connectivity index (χ4v) is 3.74. The van der Waals surface area contributed by atoms with Gasteiger partial charge in [-0.3, -0.25) is 9.59 Å². The van der Waals surface area contributed by atoms with Gasteiger partial charge in [0.25, 0.3) is 0 Å². The molecule has 1 fully saturated rings. The second kappa shape index (κ2) is 10.7. The van der Waals surface area contributed by atoms with Gasteiger partial charge < -0.3 is 20.6 Å². The van der Waals surface area contributed by atoms with Crippen molar-refractivity contribution in [1.82, 2.24) is 15.5 Å². The zero-order valence-corrected chi connectivity index (χ0v) is 16.7. The summed E-state index contributed by atoms with van der Waals surface area (Å²) in [5, 5.41) is 14.9. The van der Waals surface area contributed by atoms with Crippen LogP contribution >= 0.6 is 0 Å².